The lowest BCUT2D eigenvalue weighted by Crippen LogP contribution is -2.13. The number of aromatic nitrogens is 4. The summed E-state index contributed by atoms with van der Waals surface area (Å²) in [5, 5.41) is 10.3. The molecule has 1 N–H and O–H groups in total. The van der Waals surface area contributed by atoms with Gasteiger partial charge in [0.05, 0.1) is 16.8 Å². The molecule has 0 spiro atoms. The lowest BCUT2D eigenvalue weighted by molar-refractivity contribution is 0.548. The summed E-state index contributed by atoms with van der Waals surface area (Å²) < 4.78 is 41.7. The second-order valence-electron chi connectivity index (χ2n) is 5.33. The first-order valence-corrected chi connectivity index (χ1v) is 7.34. The van der Waals surface area contributed by atoms with Gasteiger partial charge in [0.15, 0.2) is 0 Å². The van der Waals surface area contributed by atoms with Crippen LogP contribution in [0.25, 0.3) is 22.3 Å². The lowest BCUT2D eigenvalue weighted by atomic mass is 10.0. The van der Waals surface area contributed by atoms with Gasteiger partial charge in [-0.05, 0) is 13.8 Å². The Hall–Kier alpha value is -2.48. The van der Waals surface area contributed by atoms with E-state index in [0.717, 1.165) is 0 Å². The van der Waals surface area contributed by atoms with E-state index >= 15 is 0 Å². The Morgan fingerprint density at radius 2 is 1.75 bits per heavy atom. The van der Waals surface area contributed by atoms with Gasteiger partial charge >= 0.3 is 0 Å². The van der Waals surface area contributed by atoms with Crippen molar-refractivity contribution in [3.05, 3.63) is 41.1 Å². The molecule has 9 heteroatoms. The minimum atomic E-state index is -1.09. The molecule has 0 bridgehead atoms. The molecule has 3 rings (SSSR count). The first-order chi connectivity index (χ1) is 11.4. The first kappa shape index (κ1) is 16.4. The third kappa shape index (κ3) is 2.84. The van der Waals surface area contributed by atoms with Crippen LogP contribution >= 0.6 is 11.6 Å². The summed E-state index contributed by atoms with van der Waals surface area (Å²) in [6.07, 6.45) is 1.19. The number of hydrogen-bond donors (Lipinski definition) is 1. The number of benzene rings is 1. The molecule has 1 aromatic carbocycles. The van der Waals surface area contributed by atoms with Crippen molar-refractivity contribution in [3.8, 4) is 11.1 Å². The first-order valence-electron chi connectivity index (χ1n) is 6.96. The predicted octanol–water partition coefficient (Wildman–Crippen LogP) is 3.98. The molecule has 0 saturated carbocycles. The maximum absolute atomic E-state index is 14.3. The number of nitrogens with zero attached hydrogens (tertiary/aromatic N) is 4. The number of halogens is 4. The second kappa shape index (κ2) is 6.20. The molecular weight excluding hydrogens is 343 g/mol. The molecule has 0 amide bonds. The summed E-state index contributed by atoms with van der Waals surface area (Å²) in [6.45, 7) is 3.66. The summed E-state index contributed by atoms with van der Waals surface area (Å²) in [6, 6.07) is 1.05. The van der Waals surface area contributed by atoms with E-state index in [1.54, 1.807) is 0 Å². The van der Waals surface area contributed by atoms with E-state index in [-0.39, 0.29) is 33.6 Å². The van der Waals surface area contributed by atoms with Crippen LogP contribution in [0.3, 0.4) is 0 Å². The quantitative estimate of drug-likeness (QED) is 0.722. The van der Waals surface area contributed by atoms with Gasteiger partial charge in [-0.3, -0.25) is 0 Å². The highest BCUT2D eigenvalue weighted by Gasteiger charge is 2.24. The molecule has 0 aliphatic heterocycles. The van der Waals surface area contributed by atoms with Crippen molar-refractivity contribution in [1.29, 1.82) is 0 Å². The highest BCUT2D eigenvalue weighted by atomic mass is 35.5. The Kier molecular flexibility index (Phi) is 4.23. The average molecular weight is 354 g/mol. The molecule has 0 fully saturated rings. The smallest absolute Gasteiger partial charge is 0.204 e. The average Bonchev–Trinajstić information content (AvgIpc) is 2.48. The molecule has 0 aliphatic carbocycles. The minimum absolute atomic E-state index is 0.0478. The van der Waals surface area contributed by atoms with Crippen molar-refractivity contribution in [2.45, 2.75) is 19.9 Å². The van der Waals surface area contributed by atoms with Gasteiger partial charge in [-0.2, -0.15) is 0 Å². The van der Waals surface area contributed by atoms with Crippen molar-refractivity contribution in [2.24, 2.45) is 0 Å². The van der Waals surface area contributed by atoms with Crippen molar-refractivity contribution < 1.29 is 13.2 Å². The summed E-state index contributed by atoms with van der Waals surface area (Å²) in [5.74, 6) is -3.21. The van der Waals surface area contributed by atoms with Crippen LogP contribution in [0, 0.1) is 17.5 Å². The zero-order chi connectivity index (χ0) is 17.4. The number of pyridine rings is 1. The second-order valence-corrected chi connectivity index (χ2v) is 5.69. The highest BCUT2D eigenvalue weighted by Crippen LogP contribution is 2.40. The van der Waals surface area contributed by atoms with Crippen LogP contribution in [0.2, 0.25) is 5.15 Å². The van der Waals surface area contributed by atoms with Crippen LogP contribution in [0.1, 0.15) is 13.8 Å². The molecule has 0 radical (unpaired) electrons. The normalized spacial score (nSPS) is 11.3. The fourth-order valence-electron chi connectivity index (χ4n) is 2.33. The van der Waals surface area contributed by atoms with Gasteiger partial charge in [0.1, 0.15) is 34.4 Å². The molecule has 24 heavy (non-hydrogen) atoms. The molecular formula is C15H11ClF3N5. The van der Waals surface area contributed by atoms with E-state index < -0.39 is 23.0 Å². The van der Waals surface area contributed by atoms with Crippen LogP contribution in [-0.2, 0) is 0 Å². The molecule has 2 aromatic heterocycles. The van der Waals surface area contributed by atoms with Crippen LogP contribution in [0.15, 0.2) is 18.5 Å². The molecule has 124 valence electrons. The van der Waals surface area contributed by atoms with Crippen molar-refractivity contribution in [1.82, 2.24) is 20.2 Å². The maximum atomic E-state index is 14.3. The highest BCUT2D eigenvalue weighted by molar-refractivity contribution is 6.33. The molecule has 2 heterocycles. The fourth-order valence-corrected chi connectivity index (χ4v) is 2.60. The monoisotopic (exact) mass is 353 g/mol. The largest absolute Gasteiger partial charge is 0.380 e. The molecule has 5 nitrogen and oxygen atoms in total. The summed E-state index contributed by atoms with van der Waals surface area (Å²) in [5.41, 5.74) is 0.0868. The van der Waals surface area contributed by atoms with E-state index in [1.807, 2.05) is 13.8 Å². The number of rotatable bonds is 3. The number of hydrogen-bond acceptors (Lipinski definition) is 5. The van der Waals surface area contributed by atoms with E-state index in [1.165, 1.54) is 6.33 Å². The topological polar surface area (TPSA) is 63.6 Å². The maximum Gasteiger partial charge on any atom is 0.204 e. The number of anilines is 1. The Bertz CT molecular complexity index is 909. The van der Waals surface area contributed by atoms with Gasteiger partial charge < -0.3 is 5.32 Å². The summed E-state index contributed by atoms with van der Waals surface area (Å²) in [4.78, 5) is 8.05. The Balaban J connectivity index is 2.41. The minimum Gasteiger partial charge on any atom is -0.380 e. The van der Waals surface area contributed by atoms with Crippen molar-refractivity contribution >= 4 is 28.5 Å². The number of nitrogens with one attached hydrogen (secondary N) is 1. The third-order valence-electron chi connectivity index (χ3n) is 3.19. The molecule has 0 atom stereocenters. The molecule has 0 unspecified atom stereocenters. The van der Waals surface area contributed by atoms with Gasteiger partial charge in [0.2, 0.25) is 5.65 Å². The Morgan fingerprint density at radius 1 is 1.08 bits per heavy atom. The molecule has 0 aliphatic rings. The van der Waals surface area contributed by atoms with Gasteiger partial charge in [-0.15, -0.1) is 10.2 Å². The molecule has 3 aromatic rings. The van der Waals surface area contributed by atoms with Gasteiger partial charge in [-0.1, -0.05) is 11.6 Å². The van der Waals surface area contributed by atoms with Crippen molar-refractivity contribution in [3.63, 3.8) is 0 Å². The van der Waals surface area contributed by atoms with Crippen molar-refractivity contribution in [2.75, 3.05) is 5.32 Å². The van der Waals surface area contributed by atoms with Gasteiger partial charge in [-0.25, -0.2) is 23.1 Å². The van der Waals surface area contributed by atoms with Crippen LogP contribution < -0.4 is 5.32 Å². The Morgan fingerprint density at radius 3 is 2.38 bits per heavy atom. The van der Waals surface area contributed by atoms with E-state index in [9.17, 15) is 13.2 Å². The van der Waals surface area contributed by atoms with E-state index in [0.29, 0.717) is 12.1 Å². The molecule has 0 saturated heterocycles. The zero-order valence-electron chi connectivity index (χ0n) is 12.6. The van der Waals surface area contributed by atoms with Gasteiger partial charge in [0, 0.05) is 18.2 Å². The Labute approximate surface area is 139 Å². The summed E-state index contributed by atoms with van der Waals surface area (Å²) >= 11 is 6.14. The van der Waals surface area contributed by atoms with E-state index in [2.05, 4.69) is 25.5 Å². The van der Waals surface area contributed by atoms with Crippen LogP contribution in [0.4, 0.5) is 18.9 Å². The zero-order valence-corrected chi connectivity index (χ0v) is 13.4. The SMILES string of the molecule is CC(C)Nc1c(-c2c(F)cc(F)cc2F)c(Cl)nc2nncnc12. The van der Waals surface area contributed by atoms with Gasteiger partial charge in [0.25, 0.3) is 0 Å². The fraction of sp³-hybridized carbons (Fsp3) is 0.200. The predicted molar refractivity (Wildman–Crippen MR) is 84.2 cm³/mol. The summed E-state index contributed by atoms with van der Waals surface area (Å²) in [7, 11) is 0. The lowest BCUT2D eigenvalue weighted by Gasteiger charge is -2.18. The standard InChI is InChI=1S/C15H11ClF3N5/c1-6(2)22-12-11(10-8(18)3-7(17)4-9(10)19)14(16)23-15-13(12)20-5-21-24-15/h3-6H,1-2H3,(H,22,23,24). The number of fused-ring (bicyclic) bond motifs is 1. The third-order valence-corrected chi connectivity index (χ3v) is 3.46. The van der Waals surface area contributed by atoms with Crippen LogP contribution in [0.5, 0.6) is 0 Å². The van der Waals surface area contributed by atoms with Crippen LogP contribution in [-0.4, -0.2) is 26.2 Å². The van der Waals surface area contributed by atoms with E-state index in [4.69, 9.17) is 11.6 Å².